The van der Waals surface area contributed by atoms with E-state index in [1.807, 2.05) is 0 Å². The van der Waals surface area contributed by atoms with Gasteiger partial charge >= 0.3 is 0 Å². The Hall–Kier alpha value is -3.48. The van der Waals surface area contributed by atoms with Gasteiger partial charge in [0.1, 0.15) is 17.8 Å². The lowest BCUT2D eigenvalue weighted by molar-refractivity contribution is -0.143. The molecule has 2 heterocycles. The summed E-state index contributed by atoms with van der Waals surface area (Å²) < 4.78 is 0. The van der Waals surface area contributed by atoms with E-state index in [0.29, 0.717) is 0 Å². The number of nitrogens with one attached hydrogen (secondary N) is 4. The number of nitrogens with two attached hydrogens (primary N) is 2. The Balaban J connectivity index is 2.20. The summed E-state index contributed by atoms with van der Waals surface area (Å²) in [4.78, 5) is 63.0. The van der Waals surface area contributed by atoms with Gasteiger partial charge in [0.2, 0.25) is 17.7 Å². The van der Waals surface area contributed by atoms with Crippen molar-refractivity contribution in [3.05, 3.63) is 17.5 Å². The van der Waals surface area contributed by atoms with Crippen molar-refractivity contribution < 1.29 is 24.0 Å². The first kappa shape index (κ1) is 25.8. The van der Waals surface area contributed by atoms with Crippen LogP contribution < -0.4 is 27.4 Å². The van der Waals surface area contributed by atoms with Gasteiger partial charge in [0.05, 0.1) is 6.04 Å². The number of primary amides is 2. The average Bonchev–Trinajstić information content (AvgIpc) is 3.37. The minimum absolute atomic E-state index is 0.00471. The molecule has 0 spiro atoms. The number of rotatable bonds is 8. The molecule has 1 saturated heterocycles. The summed E-state index contributed by atoms with van der Waals surface area (Å²) in [7, 11) is 1.63. The topological polar surface area (TPSA) is 205 Å². The van der Waals surface area contributed by atoms with Crippen LogP contribution in [0, 0.1) is 5.41 Å². The van der Waals surface area contributed by atoms with Crippen molar-refractivity contribution in [3.63, 3.8) is 0 Å². The van der Waals surface area contributed by atoms with E-state index >= 15 is 0 Å². The van der Waals surface area contributed by atoms with Gasteiger partial charge in [0, 0.05) is 18.7 Å². The standard InChI is InChI=1S/C20H32N8O5/c1-9(23-5)17(31)25-14(20(2,3)4)19(33)28-8-10(6-13(28)16(22)30)24-18(32)12-7-11(15(21)29)26-27-12/h7,9-10,13-14,23H,6,8H2,1-5H3,(H2,21,29)(H2,22,30)(H,24,32)(H,25,31)(H,26,27)/t9-,10-,13-,14+/m0/s1. The van der Waals surface area contributed by atoms with Crippen LogP contribution >= 0.6 is 0 Å². The van der Waals surface area contributed by atoms with Crippen molar-refractivity contribution in [2.24, 2.45) is 16.9 Å². The lowest BCUT2D eigenvalue weighted by atomic mass is 9.85. The van der Waals surface area contributed by atoms with Crippen molar-refractivity contribution in [3.8, 4) is 0 Å². The van der Waals surface area contributed by atoms with Crippen LogP contribution in [0.5, 0.6) is 0 Å². The fourth-order valence-electron chi connectivity index (χ4n) is 3.49. The summed E-state index contributed by atoms with van der Waals surface area (Å²) in [6.45, 7) is 7.06. The zero-order chi connectivity index (χ0) is 25.1. The summed E-state index contributed by atoms with van der Waals surface area (Å²) in [6, 6.07) is -1.81. The number of nitrogens with zero attached hydrogens (tertiary/aromatic N) is 2. The van der Waals surface area contributed by atoms with Crippen molar-refractivity contribution in [2.75, 3.05) is 13.6 Å². The third-order valence-corrected chi connectivity index (χ3v) is 5.55. The van der Waals surface area contributed by atoms with Gasteiger partial charge in [-0.25, -0.2) is 0 Å². The number of aromatic nitrogens is 2. The SMILES string of the molecule is CN[C@@H](C)C(=O)N[C@H](C(=O)N1C[C@@H](NC(=O)c2cc(C(N)=O)n[nH]2)C[C@H]1C(N)=O)C(C)(C)C. The van der Waals surface area contributed by atoms with Crippen molar-refractivity contribution >= 4 is 29.5 Å². The molecule has 182 valence electrons. The Morgan fingerprint density at radius 2 is 1.85 bits per heavy atom. The smallest absolute Gasteiger partial charge is 0.269 e. The third-order valence-electron chi connectivity index (χ3n) is 5.55. The molecule has 5 amide bonds. The van der Waals surface area contributed by atoms with Gasteiger partial charge in [-0.2, -0.15) is 5.10 Å². The number of carbonyl (C=O) groups is 5. The van der Waals surface area contributed by atoms with E-state index in [9.17, 15) is 24.0 Å². The molecular weight excluding hydrogens is 432 g/mol. The number of amides is 5. The summed E-state index contributed by atoms with van der Waals surface area (Å²) in [5, 5.41) is 14.3. The maximum atomic E-state index is 13.4. The second-order valence-electron chi connectivity index (χ2n) is 9.16. The van der Waals surface area contributed by atoms with Crippen LogP contribution in [0.4, 0.5) is 0 Å². The molecule has 13 nitrogen and oxygen atoms in total. The first-order valence-corrected chi connectivity index (χ1v) is 10.5. The number of aromatic amines is 1. The Bertz CT molecular complexity index is 937. The highest BCUT2D eigenvalue weighted by Crippen LogP contribution is 2.26. The van der Waals surface area contributed by atoms with Gasteiger partial charge in [0.25, 0.3) is 11.8 Å². The largest absolute Gasteiger partial charge is 0.368 e. The van der Waals surface area contributed by atoms with E-state index in [0.717, 1.165) is 0 Å². The maximum Gasteiger partial charge on any atom is 0.269 e. The number of likely N-dealkylation sites (N-methyl/N-ethyl adjacent to an activating group) is 1. The molecule has 1 aromatic heterocycles. The number of hydrogen-bond donors (Lipinski definition) is 6. The lowest BCUT2D eigenvalue weighted by Crippen LogP contribution is -2.59. The summed E-state index contributed by atoms with van der Waals surface area (Å²) >= 11 is 0. The second-order valence-corrected chi connectivity index (χ2v) is 9.16. The molecule has 0 unspecified atom stereocenters. The van der Waals surface area contributed by atoms with E-state index in [1.165, 1.54) is 11.0 Å². The molecule has 0 aliphatic carbocycles. The predicted molar refractivity (Wildman–Crippen MR) is 118 cm³/mol. The van der Waals surface area contributed by atoms with Gasteiger partial charge in [-0.1, -0.05) is 20.8 Å². The molecule has 1 aromatic rings. The summed E-state index contributed by atoms with van der Waals surface area (Å²) in [5.41, 5.74) is 9.92. The van der Waals surface area contributed by atoms with Gasteiger partial charge in [-0.15, -0.1) is 0 Å². The minimum atomic E-state index is -0.964. The zero-order valence-corrected chi connectivity index (χ0v) is 19.4. The number of H-pyrrole nitrogens is 1. The monoisotopic (exact) mass is 464 g/mol. The molecule has 33 heavy (non-hydrogen) atoms. The van der Waals surface area contributed by atoms with Crippen molar-refractivity contribution in [1.29, 1.82) is 0 Å². The van der Waals surface area contributed by atoms with Crippen molar-refractivity contribution in [1.82, 2.24) is 31.0 Å². The van der Waals surface area contributed by atoms with E-state index in [2.05, 4.69) is 26.1 Å². The van der Waals surface area contributed by atoms with Gasteiger partial charge in [-0.3, -0.25) is 29.1 Å². The molecular formula is C20H32N8O5. The lowest BCUT2D eigenvalue weighted by Gasteiger charge is -2.35. The zero-order valence-electron chi connectivity index (χ0n) is 19.4. The van der Waals surface area contributed by atoms with Gasteiger partial charge in [0.15, 0.2) is 5.69 Å². The Morgan fingerprint density at radius 3 is 2.33 bits per heavy atom. The van der Waals surface area contributed by atoms with Crippen LogP contribution in [0.2, 0.25) is 0 Å². The quantitative estimate of drug-likeness (QED) is 0.251. The van der Waals surface area contributed by atoms with Gasteiger partial charge in [-0.05, 0) is 25.8 Å². The molecule has 0 aromatic carbocycles. The van der Waals surface area contributed by atoms with E-state index in [1.54, 1.807) is 34.7 Å². The molecule has 4 atom stereocenters. The Kier molecular flexibility index (Phi) is 7.80. The molecule has 8 N–H and O–H groups in total. The Labute approximate surface area is 191 Å². The van der Waals surface area contributed by atoms with E-state index in [-0.39, 0.29) is 30.3 Å². The predicted octanol–water partition coefficient (Wildman–Crippen LogP) is -2.17. The number of carbonyl (C=O) groups excluding carboxylic acids is 5. The van der Waals surface area contributed by atoms with Crippen LogP contribution in [0.15, 0.2) is 6.07 Å². The molecule has 13 heteroatoms. The first-order chi connectivity index (χ1) is 15.3. The fourth-order valence-corrected chi connectivity index (χ4v) is 3.49. The average molecular weight is 465 g/mol. The molecule has 0 bridgehead atoms. The molecule has 1 aliphatic heterocycles. The highest BCUT2D eigenvalue weighted by Gasteiger charge is 2.44. The second kappa shape index (κ2) is 9.98. The van der Waals surface area contributed by atoms with Crippen LogP contribution in [-0.2, 0) is 14.4 Å². The summed E-state index contributed by atoms with van der Waals surface area (Å²) in [6.07, 6.45) is 0.0986. The van der Waals surface area contributed by atoms with Crippen LogP contribution in [-0.4, -0.2) is 82.4 Å². The minimum Gasteiger partial charge on any atom is -0.368 e. The van der Waals surface area contributed by atoms with Crippen LogP contribution in [0.25, 0.3) is 0 Å². The normalized spacial score (nSPS) is 20.1. The fraction of sp³-hybridized carbons (Fsp3) is 0.600. The molecule has 2 rings (SSSR count). The van der Waals surface area contributed by atoms with E-state index < -0.39 is 53.2 Å². The first-order valence-electron chi connectivity index (χ1n) is 10.5. The highest BCUT2D eigenvalue weighted by molar-refractivity contribution is 5.97. The van der Waals surface area contributed by atoms with Gasteiger partial charge < -0.3 is 32.3 Å². The Morgan fingerprint density at radius 1 is 1.21 bits per heavy atom. The van der Waals surface area contributed by atoms with Crippen LogP contribution in [0.3, 0.4) is 0 Å². The molecule has 0 saturated carbocycles. The van der Waals surface area contributed by atoms with Crippen molar-refractivity contribution in [2.45, 2.75) is 58.3 Å². The van der Waals surface area contributed by atoms with Crippen LogP contribution in [0.1, 0.15) is 55.1 Å². The molecule has 1 aliphatic rings. The van der Waals surface area contributed by atoms with E-state index in [4.69, 9.17) is 11.5 Å². The molecule has 1 fully saturated rings. The number of hydrogen-bond acceptors (Lipinski definition) is 7. The number of likely N-dealkylation sites (tertiary alicyclic amines) is 1. The third kappa shape index (κ3) is 6.06. The maximum absolute atomic E-state index is 13.4. The summed E-state index contributed by atoms with van der Waals surface area (Å²) in [5.74, 6) is -2.94. The highest BCUT2D eigenvalue weighted by atomic mass is 16.2. The molecule has 0 radical (unpaired) electrons.